The number of hydrogen-bond acceptors (Lipinski definition) is 3. The number of nitrogens with zero attached hydrogens (tertiary/aromatic N) is 1. The summed E-state index contributed by atoms with van der Waals surface area (Å²) in [7, 11) is 0. The fraction of sp³-hybridized carbons (Fsp3) is 0.0435. The van der Waals surface area contributed by atoms with Gasteiger partial charge >= 0.3 is 0 Å². The second kappa shape index (κ2) is 7.85. The van der Waals surface area contributed by atoms with E-state index in [2.05, 4.69) is 15.9 Å². The number of aliphatic hydroxyl groups excluding tert-OH is 1. The summed E-state index contributed by atoms with van der Waals surface area (Å²) in [5.74, 6) is -1.65. The molecule has 0 bridgehead atoms. The zero-order valence-electron chi connectivity index (χ0n) is 15.0. The van der Waals surface area contributed by atoms with E-state index in [-0.39, 0.29) is 11.3 Å². The number of carbonyl (C=O) groups is 2. The minimum atomic E-state index is -0.749. The molecule has 3 aromatic carbocycles. The molecule has 1 heterocycles. The topological polar surface area (TPSA) is 57.6 Å². The largest absolute Gasteiger partial charge is 0.507 e. The Balaban J connectivity index is 1.94. The van der Waals surface area contributed by atoms with Gasteiger partial charge in [0.15, 0.2) is 0 Å². The van der Waals surface area contributed by atoms with Crippen LogP contribution in [0.2, 0.25) is 5.02 Å². The lowest BCUT2D eigenvalue weighted by molar-refractivity contribution is -0.132. The third kappa shape index (κ3) is 3.59. The van der Waals surface area contributed by atoms with Crippen molar-refractivity contribution in [3.63, 3.8) is 0 Å². The maximum absolute atomic E-state index is 13.0. The maximum Gasteiger partial charge on any atom is 0.300 e. The predicted octanol–water partition coefficient (Wildman–Crippen LogP) is 5.73. The van der Waals surface area contributed by atoms with E-state index < -0.39 is 17.7 Å². The Bertz CT molecular complexity index is 1130. The number of hydrogen-bond donors (Lipinski definition) is 1. The molecule has 1 fully saturated rings. The molecule has 1 unspecified atom stereocenters. The van der Waals surface area contributed by atoms with Gasteiger partial charge < -0.3 is 5.11 Å². The van der Waals surface area contributed by atoms with Crippen LogP contribution in [0, 0.1) is 0 Å². The van der Waals surface area contributed by atoms with Crippen molar-refractivity contribution in [1.29, 1.82) is 0 Å². The highest BCUT2D eigenvalue weighted by Gasteiger charge is 2.46. The third-order valence-electron chi connectivity index (χ3n) is 4.76. The summed E-state index contributed by atoms with van der Waals surface area (Å²) in [6, 6.07) is 22.1. The molecule has 4 nitrogen and oxygen atoms in total. The molecule has 1 N–H and O–H groups in total. The van der Waals surface area contributed by atoms with Gasteiger partial charge in [0.25, 0.3) is 11.7 Å². The van der Waals surface area contributed by atoms with Crippen molar-refractivity contribution in [3.05, 3.63) is 105 Å². The average molecular weight is 469 g/mol. The van der Waals surface area contributed by atoms with Crippen LogP contribution in [0.3, 0.4) is 0 Å². The molecule has 4 rings (SSSR count). The molecule has 144 valence electrons. The van der Waals surface area contributed by atoms with Gasteiger partial charge in [-0.2, -0.15) is 0 Å². The molecule has 1 atom stereocenters. The summed E-state index contributed by atoms with van der Waals surface area (Å²) in [6.07, 6.45) is 0. The van der Waals surface area contributed by atoms with Crippen LogP contribution in [0.4, 0.5) is 5.69 Å². The molecular formula is C23H15BrClNO3. The second-order valence-electron chi connectivity index (χ2n) is 6.57. The number of aliphatic hydroxyl groups is 1. The van der Waals surface area contributed by atoms with Crippen LogP contribution in [0.15, 0.2) is 88.9 Å². The van der Waals surface area contributed by atoms with Crippen LogP contribution in [-0.4, -0.2) is 16.8 Å². The molecule has 1 amide bonds. The molecule has 0 saturated carbocycles. The van der Waals surface area contributed by atoms with Crippen LogP contribution in [0.25, 0.3) is 5.76 Å². The van der Waals surface area contributed by atoms with Gasteiger partial charge in [-0.3, -0.25) is 14.5 Å². The van der Waals surface area contributed by atoms with Crippen molar-refractivity contribution in [2.45, 2.75) is 6.04 Å². The maximum atomic E-state index is 13.0. The monoisotopic (exact) mass is 467 g/mol. The second-order valence-corrected chi connectivity index (χ2v) is 7.92. The van der Waals surface area contributed by atoms with Gasteiger partial charge in [0.05, 0.1) is 11.6 Å². The van der Waals surface area contributed by atoms with Crippen molar-refractivity contribution >= 4 is 50.7 Å². The summed E-state index contributed by atoms with van der Waals surface area (Å²) in [5, 5.41) is 11.5. The lowest BCUT2D eigenvalue weighted by Gasteiger charge is -2.25. The fourth-order valence-corrected chi connectivity index (χ4v) is 3.95. The van der Waals surface area contributed by atoms with E-state index in [1.54, 1.807) is 42.5 Å². The molecule has 1 aliphatic heterocycles. The molecule has 3 aromatic rings. The minimum Gasteiger partial charge on any atom is -0.507 e. The molecule has 0 aliphatic carbocycles. The first-order chi connectivity index (χ1) is 14.0. The number of carbonyl (C=O) groups excluding carboxylic acids is 2. The average Bonchev–Trinajstić information content (AvgIpc) is 2.99. The van der Waals surface area contributed by atoms with E-state index in [1.807, 2.05) is 36.4 Å². The highest BCUT2D eigenvalue weighted by molar-refractivity contribution is 9.10. The van der Waals surface area contributed by atoms with E-state index in [4.69, 9.17) is 11.6 Å². The molecule has 1 aliphatic rings. The zero-order chi connectivity index (χ0) is 20.5. The van der Waals surface area contributed by atoms with Crippen LogP contribution in [-0.2, 0) is 9.59 Å². The van der Waals surface area contributed by atoms with Gasteiger partial charge in [-0.25, -0.2) is 0 Å². The van der Waals surface area contributed by atoms with Gasteiger partial charge in [0.1, 0.15) is 5.76 Å². The van der Waals surface area contributed by atoms with Crippen LogP contribution < -0.4 is 4.90 Å². The van der Waals surface area contributed by atoms with E-state index in [0.29, 0.717) is 16.3 Å². The highest BCUT2D eigenvalue weighted by Crippen LogP contribution is 2.42. The van der Waals surface area contributed by atoms with Crippen LogP contribution >= 0.6 is 27.5 Å². The number of rotatable bonds is 3. The number of benzene rings is 3. The van der Waals surface area contributed by atoms with Crippen molar-refractivity contribution in [2.75, 3.05) is 4.90 Å². The molecule has 0 aromatic heterocycles. The normalized spacial score (nSPS) is 18.3. The van der Waals surface area contributed by atoms with Crippen molar-refractivity contribution in [1.82, 2.24) is 0 Å². The molecule has 6 heteroatoms. The quantitative estimate of drug-likeness (QED) is 0.303. The molecular weight excluding hydrogens is 454 g/mol. The standard InChI is InChI=1S/C23H15BrClNO3/c24-16-7-4-8-18(13-16)26-20(14-5-2-1-3-6-14)19(22(28)23(26)29)21(27)15-9-11-17(25)12-10-15/h1-13,20,27H/b21-19+. The highest BCUT2D eigenvalue weighted by atomic mass is 79.9. The third-order valence-corrected chi connectivity index (χ3v) is 5.51. The number of amides is 1. The van der Waals surface area contributed by atoms with Gasteiger partial charge in [-0.05, 0) is 48.0 Å². The summed E-state index contributed by atoms with van der Waals surface area (Å²) < 4.78 is 0.779. The Morgan fingerprint density at radius 2 is 1.62 bits per heavy atom. The van der Waals surface area contributed by atoms with Crippen molar-refractivity contribution < 1.29 is 14.7 Å². The molecule has 0 radical (unpaired) electrons. The Morgan fingerprint density at radius 3 is 2.28 bits per heavy atom. The van der Waals surface area contributed by atoms with E-state index in [0.717, 1.165) is 10.0 Å². The number of anilines is 1. The van der Waals surface area contributed by atoms with E-state index >= 15 is 0 Å². The molecule has 29 heavy (non-hydrogen) atoms. The molecule has 0 spiro atoms. The summed E-state index contributed by atoms with van der Waals surface area (Å²) in [4.78, 5) is 27.4. The Morgan fingerprint density at radius 1 is 0.931 bits per heavy atom. The lowest BCUT2D eigenvalue weighted by atomic mass is 9.95. The fourth-order valence-electron chi connectivity index (χ4n) is 3.44. The van der Waals surface area contributed by atoms with E-state index in [9.17, 15) is 14.7 Å². The van der Waals surface area contributed by atoms with Gasteiger partial charge in [0.2, 0.25) is 0 Å². The minimum absolute atomic E-state index is 0.0449. The first-order valence-corrected chi connectivity index (χ1v) is 10.0. The smallest absolute Gasteiger partial charge is 0.300 e. The van der Waals surface area contributed by atoms with Gasteiger partial charge in [-0.1, -0.05) is 63.9 Å². The Kier molecular flexibility index (Phi) is 5.26. The van der Waals surface area contributed by atoms with Gasteiger partial charge in [0, 0.05) is 20.7 Å². The first kappa shape index (κ1) is 19.4. The van der Waals surface area contributed by atoms with Crippen LogP contribution in [0.1, 0.15) is 17.2 Å². The SMILES string of the molecule is O=C1C(=O)N(c2cccc(Br)c2)C(c2ccccc2)/C1=C(\O)c1ccc(Cl)cc1. The zero-order valence-corrected chi connectivity index (χ0v) is 17.4. The van der Waals surface area contributed by atoms with Gasteiger partial charge in [-0.15, -0.1) is 0 Å². The molecule has 1 saturated heterocycles. The summed E-state index contributed by atoms with van der Waals surface area (Å²) in [6.45, 7) is 0. The van der Waals surface area contributed by atoms with Crippen molar-refractivity contribution in [2.24, 2.45) is 0 Å². The predicted molar refractivity (Wildman–Crippen MR) is 117 cm³/mol. The van der Waals surface area contributed by atoms with E-state index in [1.165, 1.54) is 4.90 Å². The Hall–Kier alpha value is -2.89. The van der Waals surface area contributed by atoms with Crippen LogP contribution in [0.5, 0.6) is 0 Å². The number of ketones is 1. The number of halogens is 2. The lowest BCUT2D eigenvalue weighted by Crippen LogP contribution is -2.29. The number of Topliss-reactive ketones (excluding diaryl/α,β-unsaturated/α-hetero) is 1. The van der Waals surface area contributed by atoms with Crippen molar-refractivity contribution in [3.8, 4) is 0 Å². The Labute approximate surface area is 181 Å². The first-order valence-electron chi connectivity index (χ1n) is 8.85. The summed E-state index contributed by atoms with van der Waals surface area (Å²) in [5.41, 5.74) is 1.75. The summed E-state index contributed by atoms with van der Waals surface area (Å²) >= 11 is 9.35.